The van der Waals surface area contributed by atoms with Gasteiger partial charge < -0.3 is 10.5 Å². The highest BCUT2D eigenvalue weighted by Crippen LogP contribution is 2.29. The summed E-state index contributed by atoms with van der Waals surface area (Å²) in [6.45, 7) is 1.98. The minimum atomic E-state index is 0.642. The molecule has 0 atom stereocenters. The van der Waals surface area contributed by atoms with Gasteiger partial charge in [-0.05, 0) is 24.6 Å². The summed E-state index contributed by atoms with van der Waals surface area (Å²) >= 11 is 0. The lowest BCUT2D eigenvalue weighted by molar-refractivity contribution is 0.417. The molecule has 1 aromatic carbocycles. The zero-order chi connectivity index (χ0) is 11.7. The first-order chi connectivity index (χ1) is 7.61. The van der Waals surface area contributed by atoms with E-state index in [1.54, 1.807) is 11.8 Å². The maximum Gasteiger partial charge on any atom is 0.141 e. The van der Waals surface area contributed by atoms with Crippen molar-refractivity contribution in [3.8, 4) is 16.9 Å². The highest BCUT2D eigenvalue weighted by Gasteiger charge is 2.08. The predicted octanol–water partition coefficient (Wildman–Crippen LogP) is 1.99. The molecule has 0 aliphatic heterocycles. The summed E-state index contributed by atoms with van der Waals surface area (Å²) in [6, 6.07) is 5.76. The van der Waals surface area contributed by atoms with Crippen LogP contribution < -0.4 is 10.5 Å². The molecule has 2 N–H and O–H groups in total. The highest BCUT2D eigenvalue weighted by atomic mass is 16.5. The first-order valence-electron chi connectivity index (χ1n) is 5.06. The molecule has 2 aromatic rings. The van der Waals surface area contributed by atoms with Gasteiger partial charge in [0.1, 0.15) is 5.75 Å². The van der Waals surface area contributed by atoms with E-state index in [1.807, 2.05) is 38.4 Å². The summed E-state index contributed by atoms with van der Waals surface area (Å²) < 4.78 is 6.92. The Labute approximate surface area is 94.6 Å². The lowest BCUT2D eigenvalue weighted by Gasteiger charge is -2.06. The third kappa shape index (κ3) is 1.74. The molecule has 0 bridgehead atoms. The number of methoxy groups -OCH3 is 1. The zero-order valence-electron chi connectivity index (χ0n) is 9.69. The molecule has 0 spiro atoms. The monoisotopic (exact) mass is 217 g/mol. The number of nitrogen functional groups attached to an aromatic ring is 1. The summed E-state index contributed by atoms with van der Waals surface area (Å²) in [5.74, 6) is 0.699. The molecule has 0 unspecified atom stereocenters. The van der Waals surface area contributed by atoms with Crippen molar-refractivity contribution in [1.82, 2.24) is 9.78 Å². The molecule has 4 heteroatoms. The molecule has 0 amide bonds. The Hall–Kier alpha value is -1.97. The predicted molar refractivity (Wildman–Crippen MR) is 64.3 cm³/mol. The number of nitrogens with two attached hydrogens (primary N) is 1. The van der Waals surface area contributed by atoms with Crippen LogP contribution in [0.2, 0.25) is 0 Å². The smallest absolute Gasteiger partial charge is 0.141 e. The molecule has 84 valence electrons. The SMILES string of the molecule is COc1ccc(-c2cn(C)nc2C)cc1N. The molecular weight excluding hydrogens is 202 g/mol. The van der Waals surface area contributed by atoms with E-state index in [-0.39, 0.29) is 0 Å². The van der Waals surface area contributed by atoms with Gasteiger partial charge >= 0.3 is 0 Å². The Bertz CT molecular complexity index is 517. The number of rotatable bonds is 2. The van der Waals surface area contributed by atoms with Crippen molar-refractivity contribution in [1.29, 1.82) is 0 Å². The Morgan fingerprint density at radius 1 is 1.38 bits per heavy atom. The molecule has 0 aliphatic rings. The lowest BCUT2D eigenvalue weighted by Crippen LogP contribution is -1.92. The Morgan fingerprint density at radius 3 is 2.62 bits per heavy atom. The van der Waals surface area contributed by atoms with Crippen LogP contribution in [0.4, 0.5) is 5.69 Å². The standard InChI is InChI=1S/C12H15N3O/c1-8-10(7-15(2)14-8)9-4-5-12(16-3)11(13)6-9/h4-7H,13H2,1-3H3. The highest BCUT2D eigenvalue weighted by molar-refractivity contribution is 5.71. The second kappa shape index (κ2) is 3.89. The lowest BCUT2D eigenvalue weighted by atomic mass is 10.1. The van der Waals surface area contributed by atoms with Gasteiger partial charge in [0.05, 0.1) is 18.5 Å². The fourth-order valence-electron chi connectivity index (χ4n) is 1.78. The molecule has 0 aliphatic carbocycles. The zero-order valence-corrected chi connectivity index (χ0v) is 9.69. The third-order valence-electron chi connectivity index (χ3n) is 2.55. The maximum absolute atomic E-state index is 5.87. The van der Waals surface area contributed by atoms with Crippen molar-refractivity contribution in [2.45, 2.75) is 6.92 Å². The quantitative estimate of drug-likeness (QED) is 0.783. The fourth-order valence-corrected chi connectivity index (χ4v) is 1.78. The average Bonchev–Trinajstić information content (AvgIpc) is 2.58. The van der Waals surface area contributed by atoms with Crippen LogP contribution in [-0.2, 0) is 7.05 Å². The van der Waals surface area contributed by atoms with Crippen molar-refractivity contribution < 1.29 is 4.74 Å². The van der Waals surface area contributed by atoms with Crippen molar-refractivity contribution in [3.63, 3.8) is 0 Å². The number of aromatic nitrogens is 2. The van der Waals surface area contributed by atoms with Crippen LogP contribution in [0.1, 0.15) is 5.69 Å². The van der Waals surface area contributed by atoms with E-state index in [2.05, 4.69) is 5.10 Å². The minimum Gasteiger partial charge on any atom is -0.495 e. The number of ether oxygens (including phenoxy) is 1. The van der Waals surface area contributed by atoms with Gasteiger partial charge in [0.2, 0.25) is 0 Å². The Morgan fingerprint density at radius 2 is 2.12 bits per heavy atom. The molecule has 0 saturated carbocycles. The molecular formula is C12H15N3O. The van der Waals surface area contributed by atoms with Gasteiger partial charge in [-0.15, -0.1) is 0 Å². The van der Waals surface area contributed by atoms with Crippen LogP contribution in [0, 0.1) is 6.92 Å². The van der Waals surface area contributed by atoms with E-state index in [1.165, 1.54) is 0 Å². The second-order valence-corrected chi connectivity index (χ2v) is 3.76. The van der Waals surface area contributed by atoms with Crippen LogP contribution in [0.5, 0.6) is 5.75 Å². The Balaban J connectivity index is 2.49. The number of nitrogens with zero attached hydrogens (tertiary/aromatic N) is 2. The van der Waals surface area contributed by atoms with Gasteiger partial charge in [-0.3, -0.25) is 4.68 Å². The minimum absolute atomic E-state index is 0.642. The van der Waals surface area contributed by atoms with Crippen LogP contribution in [0.15, 0.2) is 24.4 Å². The second-order valence-electron chi connectivity index (χ2n) is 3.76. The summed E-state index contributed by atoms with van der Waals surface area (Å²) in [6.07, 6.45) is 1.98. The normalized spacial score (nSPS) is 10.4. The molecule has 16 heavy (non-hydrogen) atoms. The molecule has 4 nitrogen and oxygen atoms in total. The average molecular weight is 217 g/mol. The molecule has 1 aromatic heterocycles. The van der Waals surface area contributed by atoms with Crippen molar-refractivity contribution >= 4 is 5.69 Å². The van der Waals surface area contributed by atoms with Crippen LogP contribution >= 0.6 is 0 Å². The molecule has 0 radical (unpaired) electrons. The third-order valence-corrected chi connectivity index (χ3v) is 2.55. The van der Waals surface area contributed by atoms with Crippen molar-refractivity contribution in [3.05, 3.63) is 30.1 Å². The largest absolute Gasteiger partial charge is 0.495 e. The van der Waals surface area contributed by atoms with Crippen LogP contribution in [0.25, 0.3) is 11.1 Å². The van der Waals surface area contributed by atoms with Gasteiger partial charge in [-0.2, -0.15) is 5.10 Å². The van der Waals surface area contributed by atoms with E-state index in [0.29, 0.717) is 11.4 Å². The fraction of sp³-hybridized carbons (Fsp3) is 0.250. The van der Waals surface area contributed by atoms with Gasteiger partial charge in [0, 0.05) is 18.8 Å². The number of anilines is 1. The van der Waals surface area contributed by atoms with Crippen LogP contribution in [-0.4, -0.2) is 16.9 Å². The van der Waals surface area contributed by atoms with Gasteiger partial charge in [0.15, 0.2) is 0 Å². The summed E-state index contributed by atoms with van der Waals surface area (Å²) in [5.41, 5.74) is 9.66. The van der Waals surface area contributed by atoms with E-state index >= 15 is 0 Å². The first-order valence-corrected chi connectivity index (χ1v) is 5.06. The molecule has 1 heterocycles. The topological polar surface area (TPSA) is 53.1 Å². The van der Waals surface area contributed by atoms with Gasteiger partial charge in [-0.25, -0.2) is 0 Å². The van der Waals surface area contributed by atoms with Crippen molar-refractivity contribution in [2.75, 3.05) is 12.8 Å². The van der Waals surface area contributed by atoms with E-state index in [0.717, 1.165) is 16.8 Å². The summed E-state index contributed by atoms with van der Waals surface area (Å²) in [4.78, 5) is 0. The summed E-state index contributed by atoms with van der Waals surface area (Å²) in [7, 11) is 3.52. The molecule has 0 saturated heterocycles. The first kappa shape index (κ1) is 10.5. The number of benzene rings is 1. The maximum atomic E-state index is 5.87. The van der Waals surface area contributed by atoms with E-state index in [4.69, 9.17) is 10.5 Å². The number of aryl methyl sites for hydroxylation is 2. The van der Waals surface area contributed by atoms with E-state index < -0.39 is 0 Å². The van der Waals surface area contributed by atoms with Crippen molar-refractivity contribution in [2.24, 2.45) is 7.05 Å². The Kier molecular flexibility index (Phi) is 2.56. The number of hydrogen-bond donors (Lipinski definition) is 1. The summed E-state index contributed by atoms with van der Waals surface area (Å²) in [5, 5.41) is 4.30. The van der Waals surface area contributed by atoms with Crippen LogP contribution in [0.3, 0.4) is 0 Å². The molecule has 2 rings (SSSR count). The van der Waals surface area contributed by atoms with Gasteiger partial charge in [-0.1, -0.05) is 6.07 Å². The number of hydrogen-bond acceptors (Lipinski definition) is 3. The van der Waals surface area contributed by atoms with Gasteiger partial charge in [0.25, 0.3) is 0 Å². The molecule has 0 fully saturated rings. The van der Waals surface area contributed by atoms with E-state index in [9.17, 15) is 0 Å².